The normalized spacial score (nSPS) is 18.0. The summed E-state index contributed by atoms with van der Waals surface area (Å²) in [6.07, 6.45) is 2.25. The third kappa shape index (κ3) is 7.57. The van der Waals surface area contributed by atoms with Crippen LogP contribution in [0.15, 0.2) is 24.4 Å². The smallest absolute Gasteiger partial charge is 0.225 e. The highest BCUT2D eigenvalue weighted by molar-refractivity contribution is 6.76. The molecule has 0 bridgehead atoms. The molecule has 0 aliphatic carbocycles. The highest BCUT2D eigenvalue weighted by Gasteiger charge is 2.32. The van der Waals surface area contributed by atoms with Gasteiger partial charge >= 0.3 is 0 Å². The van der Waals surface area contributed by atoms with Gasteiger partial charge in [-0.25, -0.2) is 4.98 Å². The van der Waals surface area contributed by atoms with E-state index in [4.69, 9.17) is 30.5 Å². The molecule has 2 aromatic rings. The zero-order chi connectivity index (χ0) is 24.6. The van der Waals surface area contributed by atoms with Crippen LogP contribution in [-0.2, 0) is 14.3 Å². The number of halogens is 1. The van der Waals surface area contributed by atoms with Crippen molar-refractivity contribution < 1.29 is 23.7 Å². The fourth-order valence-corrected chi connectivity index (χ4v) is 4.45. The van der Waals surface area contributed by atoms with Crippen LogP contribution in [0.4, 0.5) is 0 Å². The van der Waals surface area contributed by atoms with Crippen LogP contribution in [0.1, 0.15) is 12.0 Å². The van der Waals surface area contributed by atoms with Crippen molar-refractivity contribution in [3.05, 3.63) is 30.0 Å². The van der Waals surface area contributed by atoms with Crippen molar-refractivity contribution in [1.82, 2.24) is 10.3 Å². The Bertz CT molecular complexity index is 1020. The van der Waals surface area contributed by atoms with Crippen LogP contribution < -0.4 is 14.8 Å². The standard InChI is InChI=1S/C24H32ClN3O5Si/c1-34(2,3)9-8-31-16-33-22-12-21-17(10-18(22)13-26)4-6-27-24(21)32-15-20-11-19(23(29)28-20)14-30-7-5-25/h4,6,10,12,19-20H,5,7-9,11,14-16H2,1-3H3,(H,28,29)/t19-,20+/m1/s1. The number of rotatable bonds is 13. The van der Waals surface area contributed by atoms with Gasteiger partial charge in [0, 0.05) is 32.1 Å². The molecule has 1 aliphatic rings. The van der Waals surface area contributed by atoms with E-state index in [0.29, 0.717) is 49.3 Å². The minimum Gasteiger partial charge on any atom is -0.475 e. The van der Waals surface area contributed by atoms with Crippen LogP contribution >= 0.6 is 11.6 Å². The van der Waals surface area contributed by atoms with Crippen molar-refractivity contribution in [3.8, 4) is 17.7 Å². The summed E-state index contributed by atoms with van der Waals surface area (Å²) in [5.74, 6) is 0.986. The Balaban J connectivity index is 1.63. The summed E-state index contributed by atoms with van der Waals surface area (Å²) in [6, 6.07) is 8.41. The number of aromatic nitrogens is 1. The molecule has 0 spiro atoms. The van der Waals surface area contributed by atoms with E-state index < -0.39 is 8.07 Å². The number of nitrogens with one attached hydrogen (secondary N) is 1. The number of benzene rings is 1. The average Bonchev–Trinajstić information content (AvgIpc) is 3.15. The Labute approximate surface area is 206 Å². The zero-order valence-electron chi connectivity index (χ0n) is 19.9. The quantitative estimate of drug-likeness (QED) is 0.190. The van der Waals surface area contributed by atoms with Crippen LogP contribution in [0.3, 0.4) is 0 Å². The van der Waals surface area contributed by atoms with Crippen molar-refractivity contribution in [1.29, 1.82) is 5.26 Å². The number of alkyl halides is 1. The molecule has 3 rings (SSSR count). The van der Waals surface area contributed by atoms with E-state index in [2.05, 4.69) is 36.0 Å². The summed E-state index contributed by atoms with van der Waals surface area (Å²) in [5.41, 5.74) is 0.418. The van der Waals surface area contributed by atoms with Crippen LogP contribution in [0.2, 0.25) is 25.7 Å². The maximum absolute atomic E-state index is 12.2. The molecule has 1 aromatic heterocycles. The average molecular weight is 506 g/mol. The molecular formula is C24H32ClN3O5Si. The van der Waals surface area contributed by atoms with E-state index in [1.165, 1.54) is 0 Å². The second-order valence-corrected chi connectivity index (χ2v) is 15.5. The minimum atomic E-state index is -1.18. The summed E-state index contributed by atoms with van der Waals surface area (Å²) < 4.78 is 22.8. The summed E-state index contributed by atoms with van der Waals surface area (Å²) in [4.78, 5) is 16.5. The first-order valence-corrected chi connectivity index (χ1v) is 15.6. The SMILES string of the molecule is C[Si](C)(C)CCOCOc1cc2c(OC[C@@H]3C[C@H](COCCCl)C(=O)N3)nccc2cc1C#N. The van der Waals surface area contributed by atoms with Gasteiger partial charge in [-0.1, -0.05) is 19.6 Å². The van der Waals surface area contributed by atoms with Crippen LogP contribution in [0.25, 0.3) is 10.8 Å². The van der Waals surface area contributed by atoms with E-state index in [0.717, 1.165) is 16.8 Å². The summed E-state index contributed by atoms with van der Waals surface area (Å²) >= 11 is 5.62. The number of nitrogens with zero attached hydrogens (tertiary/aromatic N) is 2. The summed E-state index contributed by atoms with van der Waals surface area (Å²) in [6.45, 7) is 8.61. The van der Waals surface area contributed by atoms with Gasteiger partial charge in [0.1, 0.15) is 18.4 Å². The highest BCUT2D eigenvalue weighted by atomic mass is 35.5. The molecule has 2 atom stereocenters. The zero-order valence-corrected chi connectivity index (χ0v) is 21.7. The van der Waals surface area contributed by atoms with Crippen molar-refractivity contribution in [3.63, 3.8) is 0 Å². The highest BCUT2D eigenvalue weighted by Crippen LogP contribution is 2.31. The molecule has 1 amide bonds. The van der Waals surface area contributed by atoms with Gasteiger partial charge in [0.15, 0.2) is 6.79 Å². The Morgan fingerprint density at radius 1 is 1.21 bits per heavy atom. The molecule has 10 heteroatoms. The molecule has 1 saturated heterocycles. The van der Waals surface area contributed by atoms with Gasteiger partial charge in [-0.05, 0) is 36.1 Å². The lowest BCUT2D eigenvalue weighted by Crippen LogP contribution is -2.31. The van der Waals surface area contributed by atoms with Crippen LogP contribution in [-0.4, -0.2) is 64.1 Å². The van der Waals surface area contributed by atoms with Gasteiger partial charge < -0.3 is 24.3 Å². The fourth-order valence-electron chi connectivity index (χ4n) is 3.58. The number of carbonyl (C=O) groups is 1. The number of pyridine rings is 1. The molecule has 184 valence electrons. The van der Waals surface area contributed by atoms with Crippen molar-refractivity contribution in [2.24, 2.45) is 5.92 Å². The maximum atomic E-state index is 12.2. The van der Waals surface area contributed by atoms with Gasteiger partial charge in [-0.2, -0.15) is 5.26 Å². The van der Waals surface area contributed by atoms with Crippen molar-refractivity contribution in [2.45, 2.75) is 38.1 Å². The largest absolute Gasteiger partial charge is 0.475 e. The Hall–Kier alpha value is -2.38. The molecule has 1 fully saturated rings. The Morgan fingerprint density at radius 3 is 2.76 bits per heavy atom. The maximum Gasteiger partial charge on any atom is 0.225 e. The van der Waals surface area contributed by atoms with Crippen molar-refractivity contribution >= 4 is 36.4 Å². The number of amides is 1. The van der Waals surface area contributed by atoms with Crippen LogP contribution in [0.5, 0.6) is 11.6 Å². The lowest BCUT2D eigenvalue weighted by molar-refractivity contribution is -0.124. The van der Waals surface area contributed by atoms with Crippen LogP contribution in [0, 0.1) is 17.2 Å². The first-order chi connectivity index (χ1) is 16.3. The number of carbonyl (C=O) groups excluding carboxylic acids is 1. The van der Waals surface area contributed by atoms with Gasteiger partial charge in [-0.15, -0.1) is 11.6 Å². The monoisotopic (exact) mass is 505 g/mol. The topological polar surface area (TPSA) is 103 Å². The number of nitriles is 1. The third-order valence-corrected chi connectivity index (χ3v) is 7.35. The Morgan fingerprint density at radius 2 is 2.03 bits per heavy atom. The van der Waals surface area contributed by atoms with E-state index in [9.17, 15) is 10.1 Å². The molecule has 0 saturated carbocycles. The molecule has 8 nitrogen and oxygen atoms in total. The first kappa shape index (κ1) is 26.2. The molecular weight excluding hydrogens is 474 g/mol. The first-order valence-electron chi connectivity index (χ1n) is 11.4. The molecule has 0 radical (unpaired) electrons. The molecule has 0 unspecified atom stereocenters. The summed E-state index contributed by atoms with van der Waals surface area (Å²) in [7, 11) is -1.18. The fraction of sp³-hybridized carbons (Fsp3) is 0.542. The predicted octanol–water partition coefficient (Wildman–Crippen LogP) is 3.94. The lowest BCUT2D eigenvalue weighted by Gasteiger charge is -2.16. The number of ether oxygens (including phenoxy) is 4. The van der Waals surface area contributed by atoms with E-state index in [-0.39, 0.29) is 31.3 Å². The third-order valence-electron chi connectivity index (χ3n) is 5.49. The number of hydrogen-bond donors (Lipinski definition) is 1. The van der Waals surface area contributed by atoms with Gasteiger partial charge in [0.2, 0.25) is 11.8 Å². The molecule has 34 heavy (non-hydrogen) atoms. The van der Waals surface area contributed by atoms with Gasteiger partial charge in [0.25, 0.3) is 0 Å². The molecule has 1 aliphatic heterocycles. The second-order valence-electron chi connectivity index (χ2n) is 9.49. The predicted molar refractivity (Wildman–Crippen MR) is 133 cm³/mol. The van der Waals surface area contributed by atoms with Gasteiger partial charge in [0.05, 0.1) is 30.7 Å². The Kier molecular flexibility index (Phi) is 9.53. The minimum absolute atomic E-state index is 0.0440. The molecule has 2 heterocycles. The molecule has 1 aromatic carbocycles. The summed E-state index contributed by atoms with van der Waals surface area (Å²) in [5, 5.41) is 14.0. The van der Waals surface area contributed by atoms with Gasteiger partial charge in [-0.3, -0.25) is 4.79 Å². The second kappa shape index (κ2) is 12.4. The van der Waals surface area contributed by atoms with E-state index >= 15 is 0 Å². The number of hydrogen-bond acceptors (Lipinski definition) is 7. The van der Waals surface area contributed by atoms with Crippen molar-refractivity contribution in [2.75, 3.05) is 39.1 Å². The van der Waals surface area contributed by atoms with E-state index in [1.807, 2.05) is 6.07 Å². The lowest BCUT2D eigenvalue weighted by atomic mass is 10.1. The molecule has 1 N–H and O–H groups in total. The number of fused-ring (bicyclic) bond motifs is 1. The van der Waals surface area contributed by atoms with E-state index in [1.54, 1.807) is 18.3 Å².